The Bertz CT molecular complexity index is 1540. The average molecular weight is 574 g/mol. The van der Waals surface area contributed by atoms with Crippen LogP contribution in [0.1, 0.15) is 43.2 Å². The molecule has 0 spiro atoms. The van der Waals surface area contributed by atoms with E-state index in [0.29, 0.717) is 17.4 Å². The normalized spacial score (nSPS) is 14.8. The van der Waals surface area contributed by atoms with Crippen molar-refractivity contribution in [3.8, 4) is 11.5 Å². The fourth-order valence-corrected chi connectivity index (χ4v) is 5.36. The van der Waals surface area contributed by atoms with Gasteiger partial charge in [-0.2, -0.15) is 0 Å². The fraction of sp³-hybridized carbons (Fsp3) is 0.344. The number of carbonyl (C=O) groups excluding carboxylic acids is 1. The highest BCUT2D eigenvalue weighted by Gasteiger charge is 2.23. The molecule has 1 aromatic carbocycles. The van der Waals surface area contributed by atoms with E-state index < -0.39 is 5.97 Å². The van der Waals surface area contributed by atoms with Crippen LogP contribution in [0.4, 0.5) is 5.69 Å². The number of benzene rings is 1. The number of aromatic nitrogens is 3. The number of aromatic amines is 1. The van der Waals surface area contributed by atoms with Gasteiger partial charge < -0.3 is 19.4 Å². The molecule has 1 N–H and O–H groups in total. The molecule has 0 amide bonds. The predicted molar refractivity (Wildman–Crippen MR) is 164 cm³/mol. The Morgan fingerprint density at radius 1 is 1.05 bits per heavy atom. The van der Waals surface area contributed by atoms with Crippen molar-refractivity contribution in [2.75, 3.05) is 44.7 Å². The third-order valence-electron chi connectivity index (χ3n) is 7.34. The summed E-state index contributed by atoms with van der Waals surface area (Å²) in [6.07, 6.45) is 6.19. The van der Waals surface area contributed by atoms with Crippen molar-refractivity contribution in [1.82, 2.24) is 19.9 Å². The first kappa shape index (κ1) is 28.6. The molecule has 8 nitrogen and oxygen atoms in total. The Labute approximate surface area is 246 Å². The second kappa shape index (κ2) is 12.7. The smallest absolute Gasteiger partial charge is 0.360 e. The first-order valence-corrected chi connectivity index (χ1v) is 14.3. The molecule has 0 radical (unpaired) electrons. The summed E-state index contributed by atoms with van der Waals surface area (Å²) in [5, 5.41) is 1.67. The topological polar surface area (TPSA) is 83.6 Å². The van der Waals surface area contributed by atoms with Crippen LogP contribution in [-0.2, 0) is 4.74 Å². The van der Waals surface area contributed by atoms with E-state index in [-0.39, 0.29) is 5.69 Å². The Hall–Kier alpha value is -3.88. The van der Waals surface area contributed by atoms with Crippen molar-refractivity contribution in [3.63, 3.8) is 0 Å². The summed E-state index contributed by atoms with van der Waals surface area (Å²) in [6.45, 7) is 11.2. The van der Waals surface area contributed by atoms with Crippen molar-refractivity contribution in [3.05, 3.63) is 82.9 Å². The van der Waals surface area contributed by atoms with E-state index in [2.05, 4.69) is 57.7 Å². The third-order valence-corrected chi connectivity index (χ3v) is 7.59. The first-order chi connectivity index (χ1) is 19.8. The van der Waals surface area contributed by atoms with E-state index in [0.717, 1.165) is 60.9 Å². The van der Waals surface area contributed by atoms with Gasteiger partial charge in [0.25, 0.3) is 0 Å². The van der Waals surface area contributed by atoms with Gasteiger partial charge >= 0.3 is 5.97 Å². The SMILES string of the molecule is COC(=O)c1ncc(N2CCN(CC(C)=C(CC(C)C)c3ccc(Cl)cc3)CC2)cc1Oc1cnc2[nH]ccc2c1. The van der Waals surface area contributed by atoms with E-state index >= 15 is 0 Å². The van der Waals surface area contributed by atoms with Crippen molar-refractivity contribution < 1.29 is 14.3 Å². The molecule has 5 rings (SSSR count). The molecule has 0 aliphatic carbocycles. The number of esters is 1. The molecule has 214 valence electrons. The first-order valence-electron chi connectivity index (χ1n) is 13.9. The van der Waals surface area contributed by atoms with Gasteiger partial charge in [0.1, 0.15) is 11.4 Å². The summed E-state index contributed by atoms with van der Waals surface area (Å²) >= 11 is 6.15. The van der Waals surface area contributed by atoms with Gasteiger partial charge in [0.15, 0.2) is 11.4 Å². The lowest BCUT2D eigenvalue weighted by atomic mass is 9.92. The Morgan fingerprint density at radius 3 is 2.51 bits per heavy atom. The molecule has 0 atom stereocenters. The number of nitrogens with one attached hydrogen (secondary N) is 1. The summed E-state index contributed by atoms with van der Waals surface area (Å²) < 4.78 is 11.1. The molecular formula is C32H36ClN5O3. The highest BCUT2D eigenvalue weighted by molar-refractivity contribution is 6.30. The van der Waals surface area contributed by atoms with Gasteiger partial charge in [0.2, 0.25) is 0 Å². The lowest BCUT2D eigenvalue weighted by Gasteiger charge is -2.36. The maximum Gasteiger partial charge on any atom is 0.360 e. The number of rotatable bonds is 9. The van der Waals surface area contributed by atoms with Crippen molar-refractivity contribution in [2.45, 2.75) is 27.2 Å². The molecular weight excluding hydrogens is 538 g/mol. The van der Waals surface area contributed by atoms with Crippen molar-refractivity contribution in [1.29, 1.82) is 0 Å². The Balaban J connectivity index is 1.30. The summed E-state index contributed by atoms with van der Waals surface area (Å²) in [5.74, 6) is 0.872. The number of ether oxygens (including phenoxy) is 2. The largest absolute Gasteiger partial charge is 0.464 e. The zero-order chi connectivity index (χ0) is 28.9. The Morgan fingerprint density at radius 2 is 1.80 bits per heavy atom. The molecule has 4 aromatic rings. The molecule has 0 bridgehead atoms. The number of methoxy groups -OCH3 is 1. The molecule has 3 aromatic heterocycles. The van der Waals surface area contributed by atoms with E-state index in [1.165, 1.54) is 23.8 Å². The van der Waals surface area contributed by atoms with Crippen LogP contribution in [0.3, 0.4) is 0 Å². The number of allylic oxidation sites excluding steroid dienone is 1. The number of fused-ring (bicyclic) bond motifs is 1. The number of anilines is 1. The highest BCUT2D eigenvalue weighted by atomic mass is 35.5. The van der Waals surface area contributed by atoms with Crippen LogP contribution >= 0.6 is 11.6 Å². The van der Waals surface area contributed by atoms with E-state index in [9.17, 15) is 4.79 Å². The minimum absolute atomic E-state index is 0.129. The van der Waals surface area contributed by atoms with Gasteiger partial charge in [-0.05, 0) is 54.7 Å². The Kier molecular flexibility index (Phi) is 8.90. The highest BCUT2D eigenvalue weighted by Crippen LogP contribution is 2.31. The quantitative estimate of drug-likeness (QED) is 0.220. The number of carbonyl (C=O) groups is 1. The molecule has 1 fully saturated rings. The van der Waals surface area contributed by atoms with Crippen LogP contribution in [0.5, 0.6) is 11.5 Å². The van der Waals surface area contributed by atoms with Crippen molar-refractivity contribution >= 4 is 39.9 Å². The molecule has 41 heavy (non-hydrogen) atoms. The fourth-order valence-electron chi connectivity index (χ4n) is 5.23. The molecule has 1 saturated heterocycles. The number of halogens is 1. The number of hydrogen-bond donors (Lipinski definition) is 1. The molecule has 9 heteroatoms. The minimum Gasteiger partial charge on any atom is -0.464 e. The summed E-state index contributed by atoms with van der Waals surface area (Å²) in [5.41, 5.74) is 5.83. The maximum atomic E-state index is 12.5. The zero-order valence-corrected chi connectivity index (χ0v) is 24.7. The molecule has 1 aliphatic heterocycles. The number of H-pyrrole nitrogens is 1. The molecule has 1 aliphatic rings. The van der Waals surface area contributed by atoms with E-state index in [1.54, 1.807) is 12.4 Å². The monoisotopic (exact) mass is 573 g/mol. The number of hydrogen-bond acceptors (Lipinski definition) is 7. The van der Waals surface area contributed by atoms with Crippen LogP contribution in [0.2, 0.25) is 5.02 Å². The maximum absolute atomic E-state index is 12.5. The third kappa shape index (κ3) is 6.89. The van der Waals surface area contributed by atoms with Crippen LogP contribution in [0, 0.1) is 5.92 Å². The minimum atomic E-state index is -0.549. The van der Waals surface area contributed by atoms with Gasteiger partial charge in [-0.3, -0.25) is 4.90 Å². The lowest BCUT2D eigenvalue weighted by molar-refractivity contribution is 0.0591. The van der Waals surface area contributed by atoms with Crippen LogP contribution in [0.25, 0.3) is 16.6 Å². The number of pyridine rings is 2. The van der Waals surface area contributed by atoms with Gasteiger partial charge in [0.05, 0.1) is 25.2 Å². The van der Waals surface area contributed by atoms with Gasteiger partial charge in [0, 0.05) is 55.4 Å². The van der Waals surface area contributed by atoms with E-state index in [1.807, 2.05) is 36.5 Å². The van der Waals surface area contributed by atoms with Gasteiger partial charge in [-0.1, -0.05) is 43.2 Å². The summed E-state index contributed by atoms with van der Waals surface area (Å²) in [7, 11) is 1.34. The average Bonchev–Trinajstić information content (AvgIpc) is 3.44. The number of nitrogens with zero attached hydrogens (tertiary/aromatic N) is 4. The summed E-state index contributed by atoms with van der Waals surface area (Å²) in [4.78, 5) is 29.1. The molecule has 0 unspecified atom stereocenters. The van der Waals surface area contributed by atoms with Crippen LogP contribution < -0.4 is 9.64 Å². The second-order valence-electron chi connectivity index (χ2n) is 10.8. The predicted octanol–water partition coefficient (Wildman–Crippen LogP) is 6.83. The van der Waals surface area contributed by atoms with Crippen LogP contribution in [-0.4, -0.2) is 65.7 Å². The lowest BCUT2D eigenvalue weighted by Crippen LogP contribution is -2.47. The van der Waals surface area contributed by atoms with Gasteiger partial charge in [-0.15, -0.1) is 0 Å². The van der Waals surface area contributed by atoms with Crippen LogP contribution in [0.15, 0.2) is 66.6 Å². The van der Waals surface area contributed by atoms with Crippen molar-refractivity contribution in [2.24, 2.45) is 5.92 Å². The number of piperazine rings is 1. The molecule has 0 saturated carbocycles. The zero-order valence-electron chi connectivity index (χ0n) is 24.0. The second-order valence-corrected chi connectivity index (χ2v) is 11.3. The standard InChI is InChI=1S/C32H36ClN5O3/c1-21(2)15-28(23-5-7-25(33)8-6-23)22(3)20-37-11-13-38(14-12-37)26-17-29(30(35-18-26)32(39)40-4)41-27-16-24-9-10-34-31(24)36-19-27/h5-10,16-19,21H,11-15,20H2,1-4H3,(H,34,36). The summed E-state index contributed by atoms with van der Waals surface area (Å²) in [6, 6.07) is 13.8. The van der Waals surface area contributed by atoms with E-state index in [4.69, 9.17) is 21.1 Å². The van der Waals surface area contributed by atoms with Gasteiger partial charge in [-0.25, -0.2) is 14.8 Å². The molecule has 4 heterocycles.